The Morgan fingerprint density at radius 1 is 1.29 bits per heavy atom. The molecule has 2 fully saturated rings. The van der Waals surface area contributed by atoms with E-state index in [-0.39, 0.29) is 0 Å². The first-order valence-corrected chi connectivity index (χ1v) is 8.13. The summed E-state index contributed by atoms with van der Waals surface area (Å²) in [5, 5.41) is 3.69. The van der Waals surface area contributed by atoms with Crippen LogP contribution in [-0.4, -0.2) is 40.1 Å². The number of imidazole rings is 1. The Morgan fingerprint density at radius 2 is 2.14 bits per heavy atom. The number of para-hydroxylation sites is 2. The van der Waals surface area contributed by atoms with Crippen molar-refractivity contribution in [2.45, 2.75) is 31.8 Å². The van der Waals surface area contributed by atoms with E-state index in [9.17, 15) is 0 Å². The standard InChI is InChI=1S/C17H24N4/c1-12(21-10-13-6-5-9-18-15(13)11-21)17-19-14-7-3-4-8-16(14)20(17)2/h3-4,7-8,12-13,15,18H,5-6,9-11H2,1-2H3/t12?,13-,15+/m0/s1. The molecule has 0 saturated carbocycles. The van der Waals surface area contributed by atoms with Gasteiger partial charge in [0.15, 0.2) is 0 Å². The molecular weight excluding hydrogens is 260 g/mol. The van der Waals surface area contributed by atoms with Crippen molar-refractivity contribution in [3.05, 3.63) is 30.1 Å². The van der Waals surface area contributed by atoms with E-state index in [0.717, 1.165) is 18.0 Å². The molecule has 21 heavy (non-hydrogen) atoms. The maximum atomic E-state index is 4.88. The van der Waals surface area contributed by atoms with E-state index in [4.69, 9.17) is 4.98 Å². The third kappa shape index (κ3) is 2.17. The monoisotopic (exact) mass is 284 g/mol. The predicted molar refractivity (Wildman–Crippen MR) is 85.2 cm³/mol. The van der Waals surface area contributed by atoms with Crippen LogP contribution in [0.25, 0.3) is 11.0 Å². The molecule has 4 rings (SSSR count). The number of nitrogens with one attached hydrogen (secondary N) is 1. The summed E-state index contributed by atoms with van der Waals surface area (Å²) < 4.78 is 2.26. The number of benzene rings is 1. The van der Waals surface area contributed by atoms with E-state index in [1.807, 2.05) is 0 Å². The summed E-state index contributed by atoms with van der Waals surface area (Å²) in [4.78, 5) is 7.48. The summed E-state index contributed by atoms with van der Waals surface area (Å²) in [6, 6.07) is 9.50. The first-order valence-electron chi connectivity index (χ1n) is 8.13. The molecule has 1 unspecified atom stereocenters. The highest BCUT2D eigenvalue weighted by Gasteiger charge is 2.37. The van der Waals surface area contributed by atoms with Crippen LogP contribution in [-0.2, 0) is 7.05 Å². The van der Waals surface area contributed by atoms with Crippen molar-refractivity contribution in [2.75, 3.05) is 19.6 Å². The lowest BCUT2D eigenvalue weighted by molar-refractivity contribution is 0.239. The summed E-state index contributed by atoms with van der Waals surface area (Å²) in [5.74, 6) is 2.02. The van der Waals surface area contributed by atoms with Crippen LogP contribution < -0.4 is 5.32 Å². The van der Waals surface area contributed by atoms with Gasteiger partial charge in [-0.2, -0.15) is 0 Å². The van der Waals surface area contributed by atoms with Crippen molar-refractivity contribution >= 4 is 11.0 Å². The predicted octanol–water partition coefficient (Wildman–Crippen LogP) is 2.32. The van der Waals surface area contributed by atoms with Crippen LogP contribution in [0.4, 0.5) is 0 Å². The minimum Gasteiger partial charge on any atom is -0.330 e. The number of nitrogens with zero attached hydrogens (tertiary/aromatic N) is 3. The first kappa shape index (κ1) is 13.3. The molecule has 112 valence electrons. The van der Waals surface area contributed by atoms with E-state index < -0.39 is 0 Å². The quantitative estimate of drug-likeness (QED) is 0.919. The molecule has 3 heterocycles. The normalized spacial score (nSPS) is 27.9. The SMILES string of the molecule is CC(c1nc2ccccc2n1C)N1C[C@@H]2CCCN[C@@H]2C1. The molecule has 0 spiro atoms. The number of aryl methyl sites for hydroxylation is 1. The average molecular weight is 284 g/mol. The van der Waals surface area contributed by atoms with Gasteiger partial charge in [-0.3, -0.25) is 4.90 Å². The lowest BCUT2D eigenvalue weighted by Crippen LogP contribution is -2.40. The van der Waals surface area contributed by atoms with Gasteiger partial charge in [0.05, 0.1) is 17.1 Å². The van der Waals surface area contributed by atoms with Crippen LogP contribution in [0.5, 0.6) is 0 Å². The highest BCUT2D eigenvalue weighted by Crippen LogP contribution is 2.32. The van der Waals surface area contributed by atoms with E-state index in [2.05, 4.69) is 53.0 Å². The summed E-state index contributed by atoms with van der Waals surface area (Å²) in [6.45, 7) is 5.87. The molecule has 0 radical (unpaired) electrons. The second-order valence-corrected chi connectivity index (χ2v) is 6.61. The van der Waals surface area contributed by atoms with E-state index in [1.165, 1.54) is 37.3 Å². The Labute approximate surface area is 126 Å². The fraction of sp³-hybridized carbons (Fsp3) is 0.588. The number of rotatable bonds is 2. The van der Waals surface area contributed by atoms with Crippen molar-refractivity contribution in [1.29, 1.82) is 0 Å². The Bertz CT molecular complexity index is 633. The van der Waals surface area contributed by atoms with Crippen LogP contribution >= 0.6 is 0 Å². The third-order valence-electron chi connectivity index (χ3n) is 5.37. The molecule has 0 amide bonds. The second-order valence-electron chi connectivity index (χ2n) is 6.61. The summed E-state index contributed by atoms with van der Waals surface area (Å²) in [5.41, 5.74) is 2.34. The minimum atomic E-state index is 0.384. The highest BCUT2D eigenvalue weighted by molar-refractivity contribution is 5.75. The van der Waals surface area contributed by atoms with Crippen molar-refractivity contribution in [2.24, 2.45) is 13.0 Å². The molecule has 4 nitrogen and oxygen atoms in total. The van der Waals surface area contributed by atoms with Gasteiger partial charge >= 0.3 is 0 Å². The lowest BCUT2D eigenvalue weighted by Gasteiger charge is -2.25. The van der Waals surface area contributed by atoms with E-state index in [0.29, 0.717) is 12.1 Å². The van der Waals surface area contributed by atoms with E-state index in [1.54, 1.807) is 0 Å². The van der Waals surface area contributed by atoms with Gasteiger partial charge in [-0.25, -0.2) is 4.98 Å². The van der Waals surface area contributed by atoms with Crippen molar-refractivity contribution in [3.8, 4) is 0 Å². The van der Waals surface area contributed by atoms with Crippen LogP contribution in [0.1, 0.15) is 31.6 Å². The number of hydrogen-bond acceptors (Lipinski definition) is 3. The van der Waals surface area contributed by atoms with Crippen LogP contribution in [0.2, 0.25) is 0 Å². The van der Waals surface area contributed by atoms with Crippen LogP contribution in [0, 0.1) is 5.92 Å². The van der Waals surface area contributed by atoms with Gasteiger partial charge in [-0.15, -0.1) is 0 Å². The fourth-order valence-corrected chi connectivity index (χ4v) is 4.10. The zero-order valence-corrected chi connectivity index (χ0v) is 12.9. The maximum Gasteiger partial charge on any atom is 0.126 e. The number of likely N-dealkylation sites (tertiary alicyclic amines) is 1. The molecule has 0 aliphatic carbocycles. The number of aromatic nitrogens is 2. The van der Waals surface area contributed by atoms with Crippen molar-refractivity contribution in [3.63, 3.8) is 0 Å². The molecule has 1 N–H and O–H groups in total. The Morgan fingerprint density at radius 3 is 2.95 bits per heavy atom. The highest BCUT2D eigenvalue weighted by atomic mass is 15.3. The van der Waals surface area contributed by atoms with Gasteiger partial charge < -0.3 is 9.88 Å². The molecule has 2 aliphatic heterocycles. The van der Waals surface area contributed by atoms with Crippen LogP contribution in [0.3, 0.4) is 0 Å². The number of fused-ring (bicyclic) bond motifs is 2. The lowest BCUT2D eigenvalue weighted by atomic mass is 9.94. The van der Waals surface area contributed by atoms with E-state index >= 15 is 0 Å². The maximum absolute atomic E-state index is 4.88. The second kappa shape index (κ2) is 5.11. The van der Waals surface area contributed by atoms with Gasteiger partial charge in [0, 0.05) is 26.2 Å². The molecule has 0 bridgehead atoms. The van der Waals surface area contributed by atoms with Crippen molar-refractivity contribution < 1.29 is 0 Å². The fourth-order valence-electron chi connectivity index (χ4n) is 4.10. The molecular formula is C17H24N4. The summed E-state index contributed by atoms with van der Waals surface area (Å²) >= 11 is 0. The Balaban J connectivity index is 1.61. The Hall–Kier alpha value is -1.39. The molecule has 2 aromatic rings. The largest absolute Gasteiger partial charge is 0.330 e. The zero-order chi connectivity index (χ0) is 14.4. The Kier molecular flexibility index (Phi) is 3.23. The summed E-state index contributed by atoms with van der Waals surface area (Å²) in [6.07, 6.45) is 2.71. The molecule has 3 atom stereocenters. The molecule has 4 heteroatoms. The van der Waals surface area contributed by atoms with Gasteiger partial charge in [-0.1, -0.05) is 12.1 Å². The van der Waals surface area contributed by atoms with Gasteiger partial charge in [-0.05, 0) is 44.4 Å². The average Bonchev–Trinajstić information content (AvgIpc) is 3.08. The van der Waals surface area contributed by atoms with Crippen molar-refractivity contribution in [1.82, 2.24) is 19.8 Å². The topological polar surface area (TPSA) is 33.1 Å². The molecule has 2 saturated heterocycles. The first-order chi connectivity index (χ1) is 10.2. The number of piperidine rings is 1. The zero-order valence-electron chi connectivity index (χ0n) is 12.9. The van der Waals surface area contributed by atoms with Gasteiger partial charge in [0.2, 0.25) is 0 Å². The molecule has 2 aliphatic rings. The van der Waals surface area contributed by atoms with Gasteiger partial charge in [0.1, 0.15) is 5.82 Å². The minimum absolute atomic E-state index is 0.384. The number of hydrogen-bond donors (Lipinski definition) is 1. The summed E-state index contributed by atoms with van der Waals surface area (Å²) in [7, 11) is 2.14. The third-order valence-corrected chi connectivity index (χ3v) is 5.37. The molecule has 1 aromatic heterocycles. The smallest absolute Gasteiger partial charge is 0.126 e. The van der Waals surface area contributed by atoms with Crippen LogP contribution in [0.15, 0.2) is 24.3 Å². The molecule has 1 aromatic carbocycles. The van der Waals surface area contributed by atoms with Gasteiger partial charge in [0.25, 0.3) is 0 Å².